The van der Waals surface area contributed by atoms with Gasteiger partial charge in [-0.15, -0.1) is 11.3 Å². The Kier molecular flexibility index (Phi) is 3.00. The van der Waals surface area contributed by atoms with Gasteiger partial charge in [0.1, 0.15) is 4.34 Å². The van der Waals surface area contributed by atoms with Crippen molar-refractivity contribution in [2.24, 2.45) is 0 Å². The first-order valence-corrected chi connectivity index (χ1v) is 4.44. The molecule has 0 aliphatic rings. The largest absolute Gasteiger partial charge is 0.491 e. The molecule has 0 aromatic carbocycles. The SMILES string of the molecule is COc1c(Cl)sc(C(=O)O)c1OC. The van der Waals surface area contributed by atoms with Crippen LogP contribution in [-0.4, -0.2) is 25.3 Å². The van der Waals surface area contributed by atoms with Crippen molar-refractivity contribution < 1.29 is 19.4 Å². The predicted molar refractivity (Wildman–Crippen MR) is 49.4 cm³/mol. The highest BCUT2D eigenvalue weighted by Gasteiger charge is 2.23. The standard InChI is InChI=1S/C7H7ClO4S/c1-11-3-4(12-2)6(8)13-5(3)7(9)10/h1-2H3,(H,9,10). The van der Waals surface area contributed by atoms with Gasteiger partial charge in [0.15, 0.2) is 16.4 Å². The molecule has 0 aliphatic carbocycles. The second-order valence-corrected chi connectivity index (χ2v) is 3.70. The maximum atomic E-state index is 10.7. The molecule has 0 amide bonds. The summed E-state index contributed by atoms with van der Waals surface area (Å²) < 4.78 is 10.0. The number of carboxylic acid groups (broad SMARTS) is 1. The summed E-state index contributed by atoms with van der Waals surface area (Å²) in [4.78, 5) is 10.7. The summed E-state index contributed by atoms with van der Waals surface area (Å²) in [7, 11) is 2.77. The molecule has 0 atom stereocenters. The molecule has 0 saturated heterocycles. The van der Waals surface area contributed by atoms with E-state index >= 15 is 0 Å². The smallest absolute Gasteiger partial charge is 0.349 e. The zero-order chi connectivity index (χ0) is 10.0. The summed E-state index contributed by atoms with van der Waals surface area (Å²) >= 11 is 6.64. The Hall–Kier alpha value is -0.940. The third-order valence-corrected chi connectivity index (χ3v) is 2.72. The number of ether oxygens (including phenoxy) is 2. The summed E-state index contributed by atoms with van der Waals surface area (Å²) in [5.41, 5.74) is 0. The fourth-order valence-corrected chi connectivity index (χ4v) is 2.07. The lowest BCUT2D eigenvalue weighted by Crippen LogP contribution is -1.96. The minimum Gasteiger partial charge on any atom is -0.491 e. The Balaban J connectivity index is 3.29. The fraction of sp³-hybridized carbons (Fsp3) is 0.286. The van der Waals surface area contributed by atoms with Crippen LogP contribution in [0.3, 0.4) is 0 Å². The van der Waals surface area contributed by atoms with E-state index in [4.69, 9.17) is 26.2 Å². The van der Waals surface area contributed by atoms with Crippen LogP contribution in [0.2, 0.25) is 4.34 Å². The Bertz CT molecular complexity index is 333. The maximum absolute atomic E-state index is 10.7. The van der Waals surface area contributed by atoms with E-state index in [-0.39, 0.29) is 20.7 Å². The second kappa shape index (κ2) is 3.85. The Morgan fingerprint density at radius 3 is 2.31 bits per heavy atom. The van der Waals surface area contributed by atoms with Gasteiger partial charge in [0, 0.05) is 0 Å². The number of halogens is 1. The van der Waals surface area contributed by atoms with Crippen molar-refractivity contribution in [3.63, 3.8) is 0 Å². The number of hydrogen-bond donors (Lipinski definition) is 1. The molecule has 1 heterocycles. The molecule has 72 valence electrons. The highest BCUT2D eigenvalue weighted by molar-refractivity contribution is 7.18. The van der Waals surface area contributed by atoms with Crippen LogP contribution < -0.4 is 9.47 Å². The van der Waals surface area contributed by atoms with Gasteiger partial charge in [-0.05, 0) is 0 Å². The lowest BCUT2D eigenvalue weighted by molar-refractivity contribution is 0.0698. The topological polar surface area (TPSA) is 55.8 Å². The third-order valence-electron chi connectivity index (χ3n) is 1.39. The van der Waals surface area contributed by atoms with Gasteiger partial charge in [0.25, 0.3) is 0 Å². The summed E-state index contributed by atoms with van der Waals surface area (Å²) in [5, 5.41) is 8.75. The van der Waals surface area contributed by atoms with Gasteiger partial charge in [-0.3, -0.25) is 0 Å². The molecule has 13 heavy (non-hydrogen) atoms. The molecule has 1 aromatic rings. The maximum Gasteiger partial charge on any atom is 0.349 e. The highest BCUT2D eigenvalue weighted by Crippen LogP contribution is 2.45. The normalized spacial score (nSPS) is 9.77. The zero-order valence-corrected chi connectivity index (χ0v) is 8.53. The Morgan fingerprint density at radius 2 is 1.92 bits per heavy atom. The van der Waals surface area contributed by atoms with Gasteiger partial charge >= 0.3 is 5.97 Å². The first-order valence-electron chi connectivity index (χ1n) is 3.25. The van der Waals surface area contributed by atoms with Crippen molar-refractivity contribution in [1.29, 1.82) is 0 Å². The lowest BCUT2D eigenvalue weighted by Gasteiger charge is -2.01. The minimum absolute atomic E-state index is 0.0457. The van der Waals surface area contributed by atoms with Crippen molar-refractivity contribution >= 4 is 28.9 Å². The number of carbonyl (C=O) groups is 1. The van der Waals surface area contributed by atoms with E-state index in [0.717, 1.165) is 11.3 Å². The number of aromatic carboxylic acids is 1. The van der Waals surface area contributed by atoms with Gasteiger partial charge < -0.3 is 14.6 Å². The van der Waals surface area contributed by atoms with Gasteiger partial charge in [0.05, 0.1) is 14.2 Å². The molecule has 0 bridgehead atoms. The number of carboxylic acids is 1. The van der Waals surface area contributed by atoms with Crippen LogP contribution in [0.15, 0.2) is 0 Å². The molecule has 0 unspecified atom stereocenters. The first kappa shape index (κ1) is 10.1. The van der Waals surface area contributed by atoms with Crippen molar-refractivity contribution in [2.75, 3.05) is 14.2 Å². The lowest BCUT2D eigenvalue weighted by atomic mass is 10.4. The van der Waals surface area contributed by atoms with Crippen LogP contribution in [0.4, 0.5) is 0 Å². The summed E-state index contributed by atoms with van der Waals surface area (Å²) in [6.07, 6.45) is 0. The molecule has 0 radical (unpaired) electrons. The molecule has 1 rings (SSSR count). The number of rotatable bonds is 3. The Morgan fingerprint density at radius 1 is 1.38 bits per heavy atom. The molecule has 0 saturated carbocycles. The summed E-state index contributed by atoms with van der Waals surface area (Å²) in [6, 6.07) is 0. The van der Waals surface area contributed by atoms with Crippen LogP contribution in [-0.2, 0) is 0 Å². The van der Waals surface area contributed by atoms with E-state index in [9.17, 15) is 4.79 Å². The fourth-order valence-electron chi connectivity index (χ4n) is 0.874. The molecular weight excluding hydrogens is 216 g/mol. The molecule has 1 aromatic heterocycles. The molecule has 6 heteroatoms. The molecule has 4 nitrogen and oxygen atoms in total. The molecule has 0 fully saturated rings. The quantitative estimate of drug-likeness (QED) is 0.851. The van der Waals surface area contributed by atoms with Crippen LogP contribution in [0, 0.1) is 0 Å². The van der Waals surface area contributed by atoms with Crippen LogP contribution in [0.25, 0.3) is 0 Å². The number of hydrogen-bond acceptors (Lipinski definition) is 4. The first-order chi connectivity index (χ1) is 6.11. The minimum atomic E-state index is -1.08. The van der Waals surface area contributed by atoms with Gasteiger partial charge in [-0.1, -0.05) is 11.6 Å². The molecule has 1 N–H and O–H groups in total. The second-order valence-electron chi connectivity index (χ2n) is 2.08. The summed E-state index contributed by atoms with van der Waals surface area (Å²) in [5.74, 6) is -0.636. The molecule has 0 spiro atoms. The summed E-state index contributed by atoms with van der Waals surface area (Å²) in [6.45, 7) is 0. The van der Waals surface area contributed by atoms with Gasteiger partial charge in [-0.25, -0.2) is 4.79 Å². The average Bonchev–Trinajstić information content (AvgIpc) is 2.41. The van der Waals surface area contributed by atoms with E-state index in [0.29, 0.717) is 0 Å². The predicted octanol–water partition coefficient (Wildman–Crippen LogP) is 2.12. The molecular formula is C7H7ClO4S. The van der Waals surface area contributed by atoms with Gasteiger partial charge in [0.2, 0.25) is 0 Å². The monoisotopic (exact) mass is 222 g/mol. The van der Waals surface area contributed by atoms with E-state index in [1.54, 1.807) is 0 Å². The van der Waals surface area contributed by atoms with Gasteiger partial charge in [-0.2, -0.15) is 0 Å². The van der Waals surface area contributed by atoms with E-state index in [2.05, 4.69) is 0 Å². The van der Waals surface area contributed by atoms with Crippen molar-refractivity contribution in [3.05, 3.63) is 9.21 Å². The van der Waals surface area contributed by atoms with E-state index in [1.807, 2.05) is 0 Å². The number of thiophene rings is 1. The average molecular weight is 223 g/mol. The third kappa shape index (κ3) is 1.71. The van der Waals surface area contributed by atoms with Crippen LogP contribution in [0.5, 0.6) is 11.5 Å². The van der Waals surface area contributed by atoms with Crippen LogP contribution in [0.1, 0.15) is 9.67 Å². The van der Waals surface area contributed by atoms with Crippen LogP contribution >= 0.6 is 22.9 Å². The van der Waals surface area contributed by atoms with Crippen molar-refractivity contribution in [2.45, 2.75) is 0 Å². The van der Waals surface area contributed by atoms with E-state index < -0.39 is 5.97 Å². The zero-order valence-electron chi connectivity index (χ0n) is 6.96. The Labute approximate surface area is 83.7 Å². The highest BCUT2D eigenvalue weighted by atomic mass is 35.5. The molecule has 0 aliphatic heterocycles. The van der Waals surface area contributed by atoms with Crippen molar-refractivity contribution in [3.8, 4) is 11.5 Å². The van der Waals surface area contributed by atoms with Crippen molar-refractivity contribution in [1.82, 2.24) is 0 Å². The van der Waals surface area contributed by atoms with E-state index in [1.165, 1.54) is 14.2 Å². The number of methoxy groups -OCH3 is 2.